The molecule has 1 unspecified atom stereocenters. The molecule has 7 aromatic rings. The highest BCUT2D eigenvalue weighted by Crippen LogP contribution is 2.43. The first kappa shape index (κ1) is 60.3. The van der Waals surface area contributed by atoms with Gasteiger partial charge in [0.25, 0.3) is 11.5 Å². The zero-order valence-corrected chi connectivity index (χ0v) is 50.3. The highest BCUT2D eigenvalue weighted by atomic mass is 33.1. The molecule has 1 aliphatic carbocycles. The lowest BCUT2D eigenvalue weighted by atomic mass is 9.98. The van der Waals surface area contributed by atoms with Crippen LogP contribution >= 0.6 is 21.6 Å². The van der Waals surface area contributed by atoms with E-state index in [9.17, 15) is 34.8 Å². The Morgan fingerprint density at radius 2 is 1.45 bits per heavy atom. The summed E-state index contributed by atoms with van der Waals surface area (Å²) >= 11 is 0. The van der Waals surface area contributed by atoms with Crippen LogP contribution in [0.15, 0.2) is 113 Å². The van der Waals surface area contributed by atoms with Gasteiger partial charge in [-0.1, -0.05) is 76.9 Å². The van der Waals surface area contributed by atoms with Crippen LogP contribution in [0.4, 0.5) is 4.39 Å². The largest absolute Gasteiger partial charge is 0.508 e. The fourth-order valence-electron chi connectivity index (χ4n) is 10.9. The lowest BCUT2D eigenvalue weighted by molar-refractivity contribution is -0.136. The van der Waals surface area contributed by atoms with Gasteiger partial charge in [0.2, 0.25) is 5.91 Å². The maximum absolute atomic E-state index is 15.5. The second kappa shape index (κ2) is 26.2. The van der Waals surface area contributed by atoms with Gasteiger partial charge in [-0.05, 0) is 137 Å². The second-order valence-corrected chi connectivity index (χ2v) is 26.5. The van der Waals surface area contributed by atoms with Crippen LogP contribution < -0.4 is 5.56 Å². The molecular formula is C63H76FN11O7S2. The normalized spacial score (nSPS) is 16.0. The average molecular weight is 1180 g/mol. The molecule has 84 heavy (non-hydrogen) atoms. The Kier molecular flexibility index (Phi) is 18.8. The third-order valence-corrected chi connectivity index (χ3v) is 19.6. The standard InChI is InChI=1S/C63H76FN11O7S2/c1-41(2)50-37-52(56(77)38-55(50)76)57-65-66-62(82)75(57)46-18-11-42(12-19-46)39-70-28-26-69(27-29-70)24-23-63(3,4)84-83-47-20-16-45(17-21-47)59(79)73(30-25-68(5)6)40-74-61(81)49-10-8-7-9-48(49)54(67-74)36-43-13-22-53(64)51(35-43)60(80)72-33-31-71(32-34-72)58(78)44-14-15-44/h7-13,16-22,35,37-38,41,44,60,76-77,80H,14-15,23-34,36,39-40H2,1-6H3,(H,66,82). The number of rotatable bonds is 22. The van der Waals surface area contributed by atoms with E-state index < -0.39 is 12.0 Å². The van der Waals surface area contributed by atoms with Crippen molar-refractivity contribution >= 4 is 44.2 Å². The zero-order valence-electron chi connectivity index (χ0n) is 48.7. The lowest BCUT2D eigenvalue weighted by Crippen LogP contribution is -2.50. The monoisotopic (exact) mass is 1180 g/mol. The molecule has 21 heteroatoms. The maximum atomic E-state index is 15.5. The number of carbonyl (C=O) groups excluding carboxylic acids is 2. The summed E-state index contributed by atoms with van der Waals surface area (Å²) in [6.07, 6.45) is 1.88. The summed E-state index contributed by atoms with van der Waals surface area (Å²) in [6, 6.07) is 30.1. The molecule has 0 spiro atoms. The van der Waals surface area contributed by atoms with E-state index in [-0.39, 0.29) is 75.9 Å². The summed E-state index contributed by atoms with van der Waals surface area (Å²) in [7, 11) is 7.38. The van der Waals surface area contributed by atoms with Crippen LogP contribution in [-0.4, -0.2) is 177 Å². The van der Waals surface area contributed by atoms with Crippen molar-refractivity contribution in [1.29, 1.82) is 0 Å². The molecule has 0 bridgehead atoms. The first-order valence-corrected chi connectivity index (χ1v) is 31.1. The Bertz CT molecular complexity index is 3520. The molecule has 2 aliphatic heterocycles. The van der Waals surface area contributed by atoms with E-state index >= 15 is 4.39 Å². The van der Waals surface area contributed by atoms with Crippen LogP contribution in [0.5, 0.6) is 17.5 Å². The van der Waals surface area contributed by atoms with Crippen molar-refractivity contribution < 1.29 is 34.4 Å². The molecule has 2 aromatic heterocycles. The van der Waals surface area contributed by atoms with Crippen molar-refractivity contribution in [3.8, 4) is 34.6 Å². The Morgan fingerprint density at radius 3 is 2.13 bits per heavy atom. The number of phenols is 2. The second-order valence-electron chi connectivity index (χ2n) is 23.6. The summed E-state index contributed by atoms with van der Waals surface area (Å²) in [5.41, 5.74) is 4.37. The number of hydrogen-bond acceptors (Lipinski definition) is 16. The van der Waals surface area contributed by atoms with Gasteiger partial charge >= 0.3 is 6.01 Å². The van der Waals surface area contributed by atoms with Gasteiger partial charge in [0.05, 0.1) is 22.3 Å². The van der Waals surface area contributed by atoms with E-state index in [1.54, 1.807) is 50.9 Å². The average Bonchev–Trinajstić information content (AvgIpc) is 2.46. The molecule has 1 atom stereocenters. The van der Waals surface area contributed by atoms with Crippen molar-refractivity contribution in [2.45, 2.75) is 88.4 Å². The maximum Gasteiger partial charge on any atom is 0.319 e. The molecule has 3 aliphatic rings. The van der Waals surface area contributed by atoms with Crippen LogP contribution in [0.2, 0.25) is 0 Å². The fourth-order valence-corrected chi connectivity index (χ4v) is 13.2. The number of carbonyl (C=O) groups is 2. The number of phenolic OH excluding ortho intramolecular Hbond substituents is 2. The predicted molar refractivity (Wildman–Crippen MR) is 327 cm³/mol. The molecule has 18 nitrogen and oxygen atoms in total. The van der Waals surface area contributed by atoms with E-state index in [0.29, 0.717) is 83.7 Å². The van der Waals surface area contributed by atoms with Crippen LogP contribution in [-0.2, 0) is 24.4 Å². The molecule has 0 radical (unpaired) electrons. The van der Waals surface area contributed by atoms with Crippen molar-refractivity contribution in [2.75, 3.05) is 86.1 Å². The Labute approximate surface area is 497 Å². The Morgan fingerprint density at radius 1 is 0.774 bits per heavy atom. The number of aromatic hydroxyl groups is 3. The lowest BCUT2D eigenvalue weighted by Gasteiger charge is -2.37. The van der Waals surface area contributed by atoms with Gasteiger partial charge in [-0.2, -0.15) is 5.10 Å². The van der Waals surface area contributed by atoms with Crippen molar-refractivity contribution in [3.05, 3.63) is 153 Å². The van der Waals surface area contributed by atoms with Gasteiger partial charge in [-0.15, -0.1) is 5.10 Å². The molecule has 444 valence electrons. The number of amides is 2. The number of fused-ring (bicyclic) bond motifs is 1. The third kappa shape index (κ3) is 14.3. The van der Waals surface area contributed by atoms with Crippen molar-refractivity contribution in [3.63, 3.8) is 0 Å². The first-order chi connectivity index (χ1) is 40.3. The first-order valence-electron chi connectivity index (χ1n) is 28.9. The highest BCUT2D eigenvalue weighted by Gasteiger charge is 2.36. The molecular weight excluding hydrogens is 1110 g/mol. The van der Waals surface area contributed by atoms with Gasteiger partial charge in [0, 0.05) is 117 Å². The molecule has 2 amide bonds. The van der Waals surface area contributed by atoms with Gasteiger partial charge < -0.3 is 40.0 Å². The zero-order chi connectivity index (χ0) is 59.4. The fraction of sp³-hybridized carbons (Fsp3) is 0.429. The number of halogens is 1. The van der Waals surface area contributed by atoms with E-state index in [4.69, 9.17) is 5.10 Å². The minimum absolute atomic E-state index is 0.000305. The van der Waals surface area contributed by atoms with E-state index in [1.165, 1.54) is 21.4 Å². The van der Waals surface area contributed by atoms with Crippen molar-refractivity contribution in [2.24, 2.45) is 5.92 Å². The van der Waals surface area contributed by atoms with Crippen LogP contribution in [0.25, 0.3) is 27.8 Å². The Hall–Kier alpha value is -6.85. The van der Waals surface area contributed by atoms with Gasteiger partial charge in [0.1, 0.15) is 30.2 Å². The van der Waals surface area contributed by atoms with Crippen LogP contribution in [0.1, 0.15) is 97.4 Å². The summed E-state index contributed by atoms with van der Waals surface area (Å²) in [6.45, 7) is 16.6. The number of piperazine rings is 2. The molecule has 2 saturated heterocycles. The van der Waals surface area contributed by atoms with E-state index in [0.717, 1.165) is 69.0 Å². The van der Waals surface area contributed by atoms with Crippen molar-refractivity contribution in [1.82, 2.24) is 53.9 Å². The summed E-state index contributed by atoms with van der Waals surface area (Å²) < 4.78 is 18.3. The summed E-state index contributed by atoms with van der Waals surface area (Å²) in [5.74, 6) is -0.371. The molecule has 5 aromatic carbocycles. The van der Waals surface area contributed by atoms with Gasteiger partial charge in [-0.3, -0.25) is 24.2 Å². The molecule has 4 N–H and O–H groups in total. The van der Waals surface area contributed by atoms with Crippen LogP contribution in [0, 0.1) is 11.7 Å². The number of aromatic nitrogens is 5. The third-order valence-electron chi connectivity index (χ3n) is 16.2. The topological polar surface area (TPSA) is 200 Å². The molecule has 4 heterocycles. The number of aliphatic hydroxyl groups is 1. The van der Waals surface area contributed by atoms with E-state index in [1.807, 2.05) is 109 Å². The molecule has 3 fully saturated rings. The molecule has 10 rings (SSSR count). The molecule has 1 saturated carbocycles. The van der Waals surface area contributed by atoms with Gasteiger partial charge in [-0.25, -0.2) is 13.6 Å². The van der Waals surface area contributed by atoms with Crippen LogP contribution in [0.3, 0.4) is 0 Å². The number of aliphatic hydroxyl groups excluding tert-OH is 1. The summed E-state index contributed by atoms with van der Waals surface area (Å²) in [4.78, 5) is 54.5. The highest BCUT2D eigenvalue weighted by molar-refractivity contribution is 8.77. The number of likely N-dealkylation sites (N-methyl/N-ethyl adjacent to an activating group) is 1. The smallest absolute Gasteiger partial charge is 0.319 e. The van der Waals surface area contributed by atoms with E-state index in [2.05, 4.69) is 33.8 Å². The number of nitrogens with zero attached hydrogens (tertiary/aromatic N) is 11. The SMILES string of the molecule is CC(C)c1cc(-c2nnc(O)n2-c2ccc(CN3CCN(CCC(C)(C)SSc4ccc(C(=O)N(CCN(C)C)Cn5nc(Cc6ccc(F)c(C(O)N7CCN(C(=O)C8CC8)CC7)c6)c6ccccc6c5=O)cc4)CC3)cc2)c(O)cc1O. The van der Waals surface area contributed by atoms with Gasteiger partial charge in [0.15, 0.2) is 5.82 Å². The predicted octanol–water partition coefficient (Wildman–Crippen LogP) is 8.55. The minimum atomic E-state index is -1.20. The number of hydrogen-bond donors (Lipinski definition) is 4. The Balaban J connectivity index is 0.721. The summed E-state index contributed by atoms with van der Waals surface area (Å²) in [5, 5.41) is 57.3. The minimum Gasteiger partial charge on any atom is -0.508 e. The number of benzene rings is 5. The quantitative estimate of drug-likeness (QED) is 0.0470.